The van der Waals surface area contributed by atoms with Gasteiger partial charge in [0.1, 0.15) is 12.2 Å². The third-order valence-corrected chi connectivity index (χ3v) is 10.1. The zero-order chi connectivity index (χ0) is 26.0. The zero-order valence-electron chi connectivity index (χ0n) is 24.1. The highest BCUT2D eigenvalue weighted by molar-refractivity contribution is 5.82. The van der Waals surface area contributed by atoms with E-state index in [0.717, 1.165) is 31.1 Å². The molecule has 4 nitrogen and oxygen atoms in total. The van der Waals surface area contributed by atoms with E-state index < -0.39 is 0 Å². The predicted octanol–water partition coefficient (Wildman–Crippen LogP) is 7.54. The minimum Gasteiger partial charge on any atom is -0.462 e. The van der Waals surface area contributed by atoms with Crippen molar-refractivity contribution < 1.29 is 19.1 Å². The maximum atomic E-state index is 13.5. The molecule has 0 bridgehead atoms. The first-order valence-electron chi connectivity index (χ1n) is 14.8. The first-order chi connectivity index (χ1) is 16.4. The lowest BCUT2D eigenvalue weighted by Crippen LogP contribution is -2.44. The first kappa shape index (κ1) is 28.5. The van der Waals surface area contributed by atoms with Gasteiger partial charge in [0, 0.05) is 11.8 Å². The van der Waals surface area contributed by atoms with Crippen LogP contribution < -0.4 is 0 Å². The van der Waals surface area contributed by atoms with E-state index in [-0.39, 0.29) is 36.0 Å². The molecule has 0 amide bonds. The molecule has 0 N–H and O–H groups in total. The fourth-order valence-electron chi connectivity index (χ4n) is 8.95. The van der Waals surface area contributed by atoms with Crippen LogP contribution in [-0.4, -0.2) is 24.1 Å². The average Bonchev–Trinajstić information content (AvgIpc) is 2.71. The molecule has 3 aliphatic carbocycles. The largest absolute Gasteiger partial charge is 0.462 e. The maximum absolute atomic E-state index is 13.5. The van der Waals surface area contributed by atoms with E-state index in [9.17, 15) is 9.59 Å². The molecule has 202 valence electrons. The molecule has 9 atom stereocenters. The van der Waals surface area contributed by atoms with E-state index in [1.54, 1.807) is 0 Å². The summed E-state index contributed by atoms with van der Waals surface area (Å²) in [5.74, 6) is 3.76. The first-order valence-corrected chi connectivity index (χ1v) is 14.8. The molecule has 0 aromatic carbocycles. The van der Waals surface area contributed by atoms with Crippen LogP contribution in [0.15, 0.2) is 0 Å². The van der Waals surface area contributed by atoms with E-state index in [0.29, 0.717) is 41.4 Å². The molecular weight excluding hydrogens is 436 g/mol. The van der Waals surface area contributed by atoms with E-state index in [1.165, 1.54) is 25.7 Å². The number of hydrogen-bond acceptors (Lipinski definition) is 4. The van der Waals surface area contributed by atoms with Crippen molar-refractivity contribution >= 4 is 11.9 Å². The summed E-state index contributed by atoms with van der Waals surface area (Å²) >= 11 is 0. The highest BCUT2D eigenvalue weighted by Crippen LogP contribution is 2.43. The van der Waals surface area contributed by atoms with Crippen molar-refractivity contribution in [2.75, 3.05) is 0 Å². The van der Waals surface area contributed by atoms with Crippen LogP contribution in [0.2, 0.25) is 0 Å². The fourth-order valence-corrected chi connectivity index (χ4v) is 8.95. The van der Waals surface area contributed by atoms with Gasteiger partial charge in [-0.25, -0.2) is 0 Å². The number of carbonyl (C=O) groups is 2. The molecule has 4 heteroatoms. The Morgan fingerprint density at radius 1 is 0.543 bits per heavy atom. The summed E-state index contributed by atoms with van der Waals surface area (Å²) in [6.45, 7) is 20.2. The molecule has 3 saturated carbocycles. The third-order valence-electron chi connectivity index (χ3n) is 10.1. The summed E-state index contributed by atoms with van der Waals surface area (Å²) in [6.07, 6.45) is 6.97. The maximum Gasteiger partial charge on any atom is 0.310 e. The van der Waals surface area contributed by atoms with Crippen LogP contribution >= 0.6 is 0 Å². The summed E-state index contributed by atoms with van der Waals surface area (Å²) in [4.78, 5) is 26.9. The Kier molecular flexibility index (Phi) is 9.77. The average molecular weight is 491 g/mol. The highest BCUT2D eigenvalue weighted by Gasteiger charge is 2.44. The fraction of sp³-hybridized carbons (Fsp3) is 0.935. The lowest BCUT2D eigenvalue weighted by atomic mass is 9.67. The SMILES string of the molecule is CC1CC(C)C(C(C)OC(=O)C2CCC(C)CC2C(=O)OC(C)C2C(C)CC(C)CC2C)C(C)C1. The van der Waals surface area contributed by atoms with Gasteiger partial charge in [-0.1, -0.05) is 48.5 Å². The predicted molar refractivity (Wildman–Crippen MR) is 142 cm³/mol. The molecule has 0 aromatic heterocycles. The number of carbonyl (C=O) groups excluding carboxylic acids is 2. The lowest BCUT2D eigenvalue weighted by molar-refractivity contribution is -0.174. The Morgan fingerprint density at radius 2 is 0.914 bits per heavy atom. The second-order valence-electron chi connectivity index (χ2n) is 13.6. The third kappa shape index (κ3) is 6.83. The number of hydrogen-bond donors (Lipinski definition) is 0. The summed E-state index contributed by atoms with van der Waals surface area (Å²) in [6, 6.07) is 0. The Balaban J connectivity index is 1.65. The van der Waals surface area contributed by atoms with Crippen LogP contribution in [0.5, 0.6) is 0 Å². The number of ether oxygens (including phenoxy) is 2. The molecule has 3 rings (SSSR count). The summed E-state index contributed by atoms with van der Waals surface area (Å²) in [5.41, 5.74) is 0. The zero-order valence-corrected chi connectivity index (χ0v) is 24.1. The van der Waals surface area contributed by atoms with E-state index in [2.05, 4.69) is 62.3 Å². The molecule has 0 aromatic rings. The van der Waals surface area contributed by atoms with Crippen LogP contribution in [0, 0.1) is 65.1 Å². The molecule has 3 fully saturated rings. The van der Waals surface area contributed by atoms with Gasteiger partial charge < -0.3 is 9.47 Å². The van der Waals surface area contributed by atoms with E-state index >= 15 is 0 Å². The Morgan fingerprint density at radius 3 is 1.31 bits per heavy atom. The smallest absolute Gasteiger partial charge is 0.310 e. The normalized spacial score (nSPS) is 44.2. The summed E-state index contributed by atoms with van der Waals surface area (Å²) in [5, 5.41) is 0. The van der Waals surface area contributed by atoms with Gasteiger partial charge in [-0.2, -0.15) is 0 Å². The molecule has 0 spiro atoms. The van der Waals surface area contributed by atoms with Crippen molar-refractivity contribution in [3.05, 3.63) is 0 Å². The standard InChI is InChI=1S/C31H54O4/c1-17-10-11-26(30(32)34-24(8)28-20(4)12-18(2)13-21(28)5)27(16-17)31(33)35-25(9)29-22(6)14-19(3)15-23(29)7/h17-29H,10-16H2,1-9H3. The molecule has 3 aliphatic rings. The van der Waals surface area contributed by atoms with E-state index in [4.69, 9.17) is 9.47 Å². The second kappa shape index (κ2) is 12.0. The topological polar surface area (TPSA) is 52.6 Å². The van der Waals surface area contributed by atoms with Crippen LogP contribution in [0.4, 0.5) is 0 Å². The number of rotatable bonds is 6. The molecule has 35 heavy (non-hydrogen) atoms. The summed E-state index contributed by atoms with van der Waals surface area (Å²) < 4.78 is 12.3. The van der Waals surface area contributed by atoms with Crippen LogP contribution in [0.25, 0.3) is 0 Å². The number of esters is 2. The minimum absolute atomic E-state index is 0.110. The Labute approximate surface area is 215 Å². The van der Waals surface area contributed by atoms with Crippen molar-refractivity contribution in [1.82, 2.24) is 0 Å². The highest BCUT2D eigenvalue weighted by atomic mass is 16.6. The molecular formula is C31H54O4. The minimum atomic E-state index is -0.379. The molecule has 0 radical (unpaired) electrons. The van der Waals surface area contributed by atoms with Gasteiger partial charge in [0.05, 0.1) is 11.8 Å². The molecule has 0 heterocycles. The lowest BCUT2D eigenvalue weighted by Gasteiger charge is -2.42. The van der Waals surface area contributed by atoms with Gasteiger partial charge in [0.25, 0.3) is 0 Å². The van der Waals surface area contributed by atoms with Crippen molar-refractivity contribution in [3.8, 4) is 0 Å². The quantitative estimate of drug-likeness (QED) is 0.361. The van der Waals surface area contributed by atoms with Crippen molar-refractivity contribution in [2.24, 2.45) is 65.1 Å². The van der Waals surface area contributed by atoms with Crippen LogP contribution in [0.1, 0.15) is 107 Å². The summed E-state index contributed by atoms with van der Waals surface area (Å²) in [7, 11) is 0. The van der Waals surface area contributed by atoms with Crippen molar-refractivity contribution in [1.29, 1.82) is 0 Å². The second-order valence-corrected chi connectivity index (χ2v) is 13.6. The van der Waals surface area contributed by atoms with Crippen molar-refractivity contribution in [2.45, 2.75) is 119 Å². The molecule has 0 saturated heterocycles. The Bertz CT molecular complexity index is 695. The van der Waals surface area contributed by atoms with Gasteiger partial charge >= 0.3 is 11.9 Å². The van der Waals surface area contributed by atoms with E-state index in [1.807, 2.05) is 0 Å². The van der Waals surface area contributed by atoms with Gasteiger partial charge in [0.2, 0.25) is 0 Å². The Hall–Kier alpha value is -1.06. The monoisotopic (exact) mass is 490 g/mol. The van der Waals surface area contributed by atoms with Gasteiger partial charge in [-0.3, -0.25) is 9.59 Å². The van der Waals surface area contributed by atoms with Crippen LogP contribution in [-0.2, 0) is 19.1 Å². The van der Waals surface area contributed by atoms with Gasteiger partial charge in [0.15, 0.2) is 0 Å². The van der Waals surface area contributed by atoms with Crippen LogP contribution in [0.3, 0.4) is 0 Å². The molecule has 9 unspecified atom stereocenters. The van der Waals surface area contributed by atoms with Gasteiger partial charge in [-0.15, -0.1) is 0 Å². The van der Waals surface area contributed by atoms with Crippen molar-refractivity contribution in [3.63, 3.8) is 0 Å². The molecule has 0 aliphatic heterocycles. The van der Waals surface area contributed by atoms with Gasteiger partial charge in [-0.05, 0) is 100 Å².